The van der Waals surface area contributed by atoms with Gasteiger partial charge in [0.05, 0.1) is 12.2 Å². The van der Waals surface area contributed by atoms with Gasteiger partial charge in [-0.3, -0.25) is 14.4 Å². The van der Waals surface area contributed by atoms with Crippen molar-refractivity contribution in [3.63, 3.8) is 0 Å². The van der Waals surface area contributed by atoms with Crippen LogP contribution >= 0.6 is 11.6 Å². The van der Waals surface area contributed by atoms with Crippen molar-refractivity contribution in [2.45, 2.75) is 44.3 Å². The highest BCUT2D eigenvalue weighted by molar-refractivity contribution is 6.31. The Balaban J connectivity index is 1.96. The molecule has 1 aromatic heterocycles. The van der Waals surface area contributed by atoms with Crippen molar-refractivity contribution in [2.24, 2.45) is 5.41 Å². The van der Waals surface area contributed by atoms with Crippen LogP contribution in [0.2, 0.25) is 5.02 Å². The summed E-state index contributed by atoms with van der Waals surface area (Å²) >= 11 is 6.39. The molecule has 1 aliphatic heterocycles. The van der Waals surface area contributed by atoms with Gasteiger partial charge >= 0.3 is 11.9 Å². The molecule has 2 aromatic rings. The molecule has 1 saturated heterocycles. The molecule has 0 amide bonds. The van der Waals surface area contributed by atoms with Gasteiger partial charge in [-0.25, -0.2) is 0 Å². The van der Waals surface area contributed by atoms with E-state index in [1.54, 1.807) is 36.4 Å². The van der Waals surface area contributed by atoms with Gasteiger partial charge in [-0.2, -0.15) is 0 Å². The molecule has 6 nitrogen and oxygen atoms in total. The Labute approximate surface area is 166 Å². The zero-order valence-corrected chi connectivity index (χ0v) is 16.2. The third kappa shape index (κ3) is 2.75. The molecule has 146 valence electrons. The first-order valence-electron chi connectivity index (χ1n) is 9.02. The molecular weight excluding hydrogens is 384 g/mol. The second-order valence-electron chi connectivity index (χ2n) is 7.64. The van der Waals surface area contributed by atoms with Crippen LogP contribution in [0.3, 0.4) is 0 Å². The zero-order valence-electron chi connectivity index (χ0n) is 15.4. The lowest BCUT2D eigenvalue weighted by Crippen LogP contribution is -2.61. The quantitative estimate of drug-likeness (QED) is 0.558. The molecule has 1 aromatic carbocycles. The molecule has 2 aliphatic rings. The summed E-state index contributed by atoms with van der Waals surface area (Å²) < 4.78 is 16.5. The van der Waals surface area contributed by atoms with E-state index in [2.05, 4.69) is 0 Å². The van der Waals surface area contributed by atoms with Crippen molar-refractivity contribution in [1.82, 2.24) is 0 Å². The van der Waals surface area contributed by atoms with Crippen molar-refractivity contribution in [2.75, 3.05) is 0 Å². The molecule has 0 unspecified atom stereocenters. The van der Waals surface area contributed by atoms with Gasteiger partial charge in [-0.1, -0.05) is 29.8 Å². The van der Waals surface area contributed by atoms with Crippen LogP contribution in [0.1, 0.15) is 49.8 Å². The molecule has 7 heteroatoms. The van der Waals surface area contributed by atoms with Crippen molar-refractivity contribution >= 4 is 29.3 Å². The van der Waals surface area contributed by atoms with Gasteiger partial charge in [-0.05, 0) is 23.8 Å². The van der Waals surface area contributed by atoms with E-state index in [0.717, 1.165) is 0 Å². The smallest absolute Gasteiger partial charge is 0.328 e. The van der Waals surface area contributed by atoms with Crippen LogP contribution in [0.25, 0.3) is 0 Å². The Kier molecular flexibility index (Phi) is 4.34. The van der Waals surface area contributed by atoms with E-state index in [1.165, 1.54) is 20.1 Å². The Morgan fingerprint density at radius 2 is 1.57 bits per heavy atom. The SMILES string of the molecule is CC1(C)OC(=O)C2(C(=O)O1)[C@@H](c1ccco1)CC(=O)C[C@H]2c1ccccc1Cl. The predicted octanol–water partition coefficient (Wildman–Crippen LogP) is 3.99. The number of carbonyl (C=O) groups is 3. The number of rotatable bonds is 2. The summed E-state index contributed by atoms with van der Waals surface area (Å²) in [5.74, 6) is -4.25. The van der Waals surface area contributed by atoms with E-state index >= 15 is 0 Å². The number of hydrogen-bond donors (Lipinski definition) is 0. The van der Waals surface area contributed by atoms with Gasteiger partial charge in [0.2, 0.25) is 0 Å². The molecule has 2 fully saturated rings. The number of esters is 2. The highest BCUT2D eigenvalue weighted by Crippen LogP contribution is 2.58. The maximum Gasteiger partial charge on any atom is 0.328 e. The lowest BCUT2D eigenvalue weighted by atomic mass is 9.56. The molecule has 0 bridgehead atoms. The predicted molar refractivity (Wildman–Crippen MR) is 98.6 cm³/mol. The van der Waals surface area contributed by atoms with Crippen LogP contribution in [-0.2, 0) is 23.9 Å². The maximum absolute atomic E-state index is 13.4. The summed E-state index contributed by atoms with van der Waals surface area (Å²) in [6, 6.07) is 10.2. The molecule has 2 atom stereocenters. The fraction of sp³-hybridized carbons (Fsp3) is 0.381. The molecule has 28 heavy (non-hydrogen) atoms. The number of Topliss-reactive ketones (excluding diaryl/α,β-unsaturated/α-hetero) is 1. The van der Waals surface area contributed by atoms with Gasteiger partial charge in [0.15, 0.2) is 5.41 Å². The van der Waals surface area contributed by atoms with Crippen LogP contribution in [-0.4, -0.2) is 23.5 Å². The molecule has 1 aliphatic carbocycles. The fourth-order valence-corrected chi connectivity index (χ4v) is 4.59. The van der Waals surface area contributed by atoms with E-state index in [9.17, 15) is 14.4 Å². The summed E-state index contributed by atoms with van der Waals surface area (Å²) in [4.78, 5) is 39.4. The number of cyclic esters (lactones) is 2. The summed E-state index contributed by atoms with van der Waals surface area (Å²) in [5.41, 5.74) is -1.23. The lowest BCUT2D eigenvalue weighted by Gasteiger charge is -2.49. The first-order valence-corrected chi connectivity index (χ1v) is 9.40. The number of carbonyl (C=O) groups excluding carboxylic acids is 3. The van der Waals surface area contributed by atoms with Gasteiger partial charge in [0, 0.05) is 37.6 Å². The maximum atomic E-state index is 13.4. The largest absolute Gasteiger partial charge is 0.469 e. The van der Waals surface area contributed by atoms with E-state index in [1.807, 2.05) is 0 Å². The van der Waals surface area contributed by atoms with Crippen molar-refractivity contribution < 1.29 is 28.3 Å². The molecule has 1 spiro atoms. The third-order valence-electron chi connectivity index (χ3n) is 5.48. The highest BCUT2D eigenvalue weighted by atomic mass is 35.5. The Morgan fingerprint density at radius 3 is 2.18 bits per heavy atom. The van der Waals surface area contributed by atoms with Crippen molar-refractivity contribution in [3.05, 3.63) is 59.0 Å². The first-order chi connectivity index (χ1) is 13.3. The minimum atomic E-state index is -1.76. The fourth-order valence-electron chi connectivity index (χ4n) is 4.32. The summed E-state index contributed by atoms with van der Waals surface area (Å²) in [6.07, 6.45) is 1.39. The summed E-state index contributed by atoms with van der Waals surface area (Å²) in [7, 11) is 0. The molecule has 0 N–H and O–H groups in total. The Bertz CT molecular complexity index is 926. The molecule has 1 saturated carbocycles. The standard InChI is InChI=1S/C21H19ClO6/c1-20(2)27-18(24)21(19(25)28-20)14(13-6-3-4-7-16(13)22)10-12(23)11-15(21)17-8-5-9-26-17/h3-9,14-15H,10-11H2,1-2H3/t14-,15+/m0/s1. The molecule has 0 radical (unpaired) electrons. The van der Waals surface area contributed by atoms with Gasteiger partial charge < -0.3 is 13.9 Å². The van der Waals surface area contributed by atoms with E-state index < -0.39 is 35.0 Å². The normalized spacial score (nSPS) is 26.0. The molecule has 4 rings (SSSR count). The minimum Gasteiger partial charge on any atom is -0.469 e. The van der Waals surface area contributed by atoms with E-state index in [-0.39, 0.29) is 18.6 Å². The lowest BCUT2D eigenvalue weighted by molar-refractivity contribution is -0.256. The molecule has 2 heterocycles. The second-order valence-corrected chi connectivity index (χ2v) is 8.04. The summed E-state index contributed by atoms with van der Waals surface area (Å²) in [5, 5.41) is 0.366. The number of ketones is 1. The van der Waals surface area contributed by atoms with E-state index in [0.29, 0.717) is 16.3 Å². The Morgan fingerprint density at radius 1 is 0.929 bits per heavy atom. The van der Waals surface area contributed by atoms with Gasteiger partial charge in [0.1, 0.15) is 11.5 Å². The topological polar surface area (TPSA) is 82.8 Å². The summed E-state index contributed by atoms with van der Waals surface area (Å²) in [6.45, 7) is 2.99. The third-order valence-corrected chi connectivity index (χ3v) is 5.83. The van der Waals surface area contributed by atoms with E-state index in [4.69, 9.17) is 25.5 Å². The monoisotopic (exact) mass is 402 g/mol. The minimum absolute atomic E-state index is 0.0223. The average molecular weight is 403 g/mol. The van der Waals surface area contributed by atoms with Crippen LogP contribution < -0.4 is 0 Å². The number of furan rings is 1. The van der Waals surface area contributed by atoms with Crippen molar-refractivity contribution in [3.8, 4) is 0 Å². The number of benzene rings is 1. The van der Waals surface area contributed by atoms with Crippen LogP contribution in [0.5, 0.6) is 0 Å². The highest BCUT2D eigenvalue weighted by Gasteiger charge is 2.68. The number of halogens is 1. The van der Waals surface area contributed by atoms with Crippen molar-refractivity contribution in [1.29, 1.82) is 0 Å². The molecular formula is C21H19ClO6. The Hall–Kier alpha value is -2.60. The first kappa shape index (κ1) is 18.7. The second kappa shape index (κ2) is 6.48. The van der Waals surface area contributed by atoms with Gasteiger partial charge in [-0.15, -0.1) is 0 Å². The van der Waals surface area contributed by atoms with Gasteiger partial charge in [0.25, 0.3) is 5.79 Å². The number of ether oxygens (including phenoxy) is 2. The van der Waals surface area contributed by atoms with Crippen LogP contribution in [0, 0.1) is 5.41 Å². The van der Waals surface area contributed by atoms with Crippen LogP contribution in [0.15, 0.2) is 47.1 Å². The number of hydrogen-bond acceptors (Lipinski definition) is 6. The zero-order chi connectivity index (χ0) is 20.1. The van der Waals surface area contributed by atoms with Crippen LogP contribution in [0.4, 0.5) is 0 Å². The average Bonchev–Trinajstić information content (AvgIpc) is 3.13.